The van der Waals surface area contributed by atoms with E-state index in [9.17, 15) is 0 Å². The Bertz CT molecular complexity index is 507. The molecule has 1 N–H and O–H groups in total. The molecule has 1 saturated heterocycles. The Morgan fingerprint density at radius 2 is 2.23 bits per heavy atom. The average Bonchev–Trinajstić information content (AvgIpc) is 3.01. The molecule has 0 aliphatic carbocycles. The van der Waals surface area contributed by atoms with Crippen molar-refractivity contribution in [3.8, 4) is 0 Å². The second kappa shape index (κ2) is 7.95. The first kappa shape index (κ1) is 17.3. The largest absolute Gasteiger partial charge is 0.357 e. The van der Waals surface area contributed by atoms with Gasteiger partial charge in [-0.15, -0.1) is 11.3 Å². The normalized spacial score (nSPS) is 19.3. The summed E-state index contributed by atoms with van der Waals surface area (Å²) in [6.07, 6.45) is 2.62. The summed E-state index contributed by atoms with van der Waals surface area (Å²) >= 11 is 1.76. The molecule has 0 bridgehead atoms. The zero-order chi connectivity index (χ0) is 16.1. The maximum absolute atomic E-state index is 4.86. The predicted molar refractivity (Wildman–Crippen MR) is 95.5 cm³/mol. The maximum atomic E-state index is 4.86. The van der Waals surface area contributed by atoms with E-state index < -0.39 is 0 Å². The van der Waals surface area contributed by atoms with Crippen LogP contribution < -0.4 is 5.32 Å². The second-order valence-electron chi connectivity index (χ2n) is 6.64. The van der Waals surface area contributed by atoms with Crippen LogP contribution in [0.5, 0.6) is 0 Å². The van der Waals surface area contributed by atoms with Crippen LogP contribution in [0.1, 0.15) is 49.2 Å². The van der Waals surface area contributed by atoms with Crippen LogP contribution in [0.2, 0.25) is 0 Å². The fraction of sp³-hybridized carbons (Fsp3) is 0.765. The van der Waals surface area contributed by atoms with Gasteiger partial charge in [0, 0.05) is 24.5 Å². The van der Waals surface area contributed by atoms with E-state index in [1.165, 1.54) is 17.7 Å². The van der Waals surface area contributed by atoms with Crippen LogP contribution in [0.4, 0.5) is 0 Å². The molecule has 0 amide bonds. The van der Waals surface area contributed by atoms with Crippen LogP contribution in [-0.2, 0) is 6.54 Å². The molecular weight excluding hydrogens is 292 g/mol. The monoisotopic (exact) mass is 322 g/mol. The first-order valence-electron chi connectivity index (χ1n) is 8.45. The second-order valence-corrected chi connectivity index (χ2v) is 7.93. The van der Waals surface area contributed by atoms with Gasteiger partial charge in [-0.2, -0.15) is 0 Å². The van der Waals surface area contributed by atoms with Gasteiger partial charge in [0.2, 0.25) is 0 Å². The number of aryl methyl sites for hydroxylation is 2. The summed E-state index contributed by atoms with van der Waals surface area (Å²) in [4.78, 5) is 13.1. The molecule has 0 aromatic carbocycles. The Balaban J connectivity index is 2.00. The lowest BCUT2D eigenvalue weighted by Gasteiger charge is -2.22. The predicted octanol–water partition coefficient (Wildman–Crippen LogP) is 3.59. The lowest BCUT2D eigenvalue weighted by Crippen LogP contribution is -2.40. The average molecular weight is 323 g/mol. The highest BCUT2D eigenvalue weighted by Gasteiger charge is 2.25. The van der Waals surface area contributed by atoms with E-state index in [1.807, 2.05) is 0 Å². The smallest absolute Gasteiger partial charge is 0.194 e. The molecule has 22 heavy (non-hydrogen) atoms. The van der Waals surface area contributed by atoms with E-state index in [1.54, 1.807) is 11.3 Å². The third-order valence-electron chi connectivity index (χ3n) is 4.10. The van der Waals surface area contributed by atoms with Crippen LogP contribution in [0.25, 0.3) is 0 Å². The minimum atomic E-state index is 0.741. The first-order chi connectivity index (χ1) is 10.5. The lowest BCUT2D eigenvalue weighted by molar-refractivity contribution is 0.403. The number of hydrogen-bond donors (Lipinski definition) is 1. The van der Waals surface area contributed by atoms with Crippen molar-refractivity contribution in [1.82, 2.24) is 15.2 Å². The van der Waals surface area contributed by atoms with Crippen LogP contribution in [0, 0.1) is 25.7 Å². The fourth-order valence-electron chi connectivity index (χ4n) is 3.18. The standard InChI is InChI=1S/C17H30N4S/c1-6-18-17(19-10-16-13(4)20-14(5)22-16)21-8-7-15(11-21)9-12(2)3/h12,15H,6-11H2,1-5H3,(H,18,19). The summed E-state index contributed by atoms with van der Waals surface area (Å²) in [7, 11) is 0. The van der Waals surface area contributed by atoms with E-state index in [2.05, 4.69) is 49.8 Å². The number of aliphatic imine (C=N–C) groups is 1. The third-order valence-corrected chi connectivity index (χ3v) is 5.15. The van der Waals surface area contributed by atoms with Gasteiger partial charge in [0.05, 0.1) is 17.2 Å². The number of nitrogens with one attached hydrogen (secondary N) is 1. The van der Waals surface area contributed by atoms with Gasteiger partial charge in [0.25, 0.3) is 0 Å². The molecule has 0 spiro atoms. The van der Waals surface area contributed by atoms with Gasteiger partial charge < -0.3 is 10.2 Å². The molecule has 124 valence electrons. The van der Waals surface area contributed by atoms with Crippen LogP contribution in [0.15, 0.2) is 4.99 Å². The van der Waals surface area contributed by atoms with Crippen molar-refractivity contribution < 1.29 is 0 Å². The summed E-state index contributed by atoms with van der Waals surface area (Å²) in [6.45, 7) is 14.8. The molecule has 0 radical (unpaired) electrons. The van der Waals surface area contributed by atoms with E-state index in [0.717, 1.165) is 54.7 Å². The van der Waals surface area contributed by atoms with Crippen molar-refractivity contribution in [3.05, 3.63) is 15.6 Å². The number of likely N-dealkylation sites (tertiary alicyclic amines) is 1. The van der Waals surface area contributed by atoms with Crippen molar-refractivity contribution in [3.63, 3.8) is 0 Å². The third kappa shape index (κ3) is 4.70. The minimum absolute atomic E-state index is 0.741. The highest BCUT2D eigenvalue weighted by atomic mass is 32.1. The quantitative estimate of drug-likeness (QED) is 0.665. The van der Waals surface area contributed by atoms with Crippen molar-refractivity contribution in [2.24, 2.45) is 16.8 Å². The van der Waals surface area contributed by atoms with Gasteiger partial charge in [-0.1, -0.05) is 13.8 Å². The Labute approximate surface area is 139 Å². The van der Waals surface area contributed by atoms with Crippen molar-refractivity contribution in [1.29, 1.82) is 0 Å². The molecule has 1 fully saturated rings. The summed E-state index contributed by atoms with van der Waals surface area (Å²) in [5.41, 5.74) is 1.13. The Morgan fingerprint density at radius 1 is 1.45 bits per heavy atom. The Kier molecular flexibility index (Phi) is 6.24. The molecule has 1 aliphatic rings. The van der Waals surface area contributed by atoms with E-state index in [0.29, 0.717) is 0 Å². The highest BCUT2D eigenvalue weighted by molar-refractivity contribution is 7.11. The van der Waals surface area contributed by atoms with E-state index in [-0.39, 0.29) is 0 Å². The van der Waals surface area contributed by atoms with Gasteiger partial charge in [-0.05, 0) is 45.4 Å². The van der Waals surface area contributed by atoms with Crippen molar-refractivity contribution in [2.45, 2.75) is 54.0 Å². The molecule has 1 aromatic heterocycles. The maximum Gasteiger partial charge on any atom is 0.194 e. The number of thiazole rings is 1. The molecule has 0 saturated carbocycles. The molecular formula is C17H30N4S. The molecule has 2 heterocycles. The molecule has 4 nitrogen and oxygen atoms in total. The minimum Gasteiger partial charge on any atom is -0.357 e. The zero-order valence-corrected chi connectivity index (χ0v) is 15.5. The van der Waals surface area contributed by atoms with Crippen molar-refractivity contribution in [2.75, 3.05) is 19.6 Å². The number of rotatable bonds is 5. The van der Waals surface area contributed by atoms with Crippen LogP contribution >= 0.6 is 11.3 Å². The summed E-state index contributed by atoms with van der Waals surface area (Å²) in [5.74, 6) is 2.67. The first-order valence-corrected chi connectivity index (χ1v) is 9.27. The fourth-order valence-corrected chi connectivity index (χ4v) is 4.04. The SMILES string of the molecule is CCNC(=NCc1sc(C)nc1C)N1CCC(CC(C)C)C1. The molecule has 2 rings (SSSR count). The van der Waals surface area contributed by atoms with Gasteiger partial charge >= 0.3 is 0 Å². The van der Waals surface area contributed by atoms with Gasteiger partial charge in [0.15, 0.2) is 5.96 Å². The van der Waals surface area contributed by atoms with E-state index in [4.69, 9.17) is 4.99 Å². The van der Waals surface area contributed by atoms with Crippen LogP contribution in [-0.4, -0.2) is 35.5 Å². The zero-order valence-electron chi connectivity index (χ0n) is 14.6. The molecule has 1 atom stereocenters. The van der Waals surface area contributed by atoms with Crippen molar-refractivity contribution >= 4 is 17.3 Å². The molecule has 5 heteroatoms. The highest BCUT2D eigenvalue weighted by Crippen LogP contribution is 2.24. The van der Waals surface area contributed by atoms with Crippen LogP contribution in [0.3, 0.4) is 0 Å². The molecule has 1 aromatic rings. The number of aromatic nitrogens is 1. The topological polar surface area (TPSA) is 40.5 Å². The lowest BCUT2D eigenvalue weighted by atomic mass is 9.97. The van der Waals surface area contributed by atoms with Gasteiger partial charge in [0.1, 0.15) is 0 Å². The number of hydrogen-bond acceptors (Lipinski definition) is 3. The molecule has 1 unspecified atom stereocenters. The molecule has 1 aliphatic heterocycles. The summed E-state index contributed by atoms with van der Waals surface area (Å²) in [6, 6.07) is 0. The number of guanidine groups is 1. The summed E-state index contributed by atoms with van der Waals surface area (Å²) < 4.78 is 0. The van der Waals surface area contributed by atoms with E-state index >= 15 is 0 Å². The Hall–Kier alpha value is -1.10. The van der Waals surface area contributed by atoms with Gasteiger partial charge in [-0.3, -0.25) is 0 Å². The van der Waals surface area contributed by atoms with Gasteiger partial charge in [-0.25, -0.2) is 9.98 Å². The summed E-state index contributed by atoms with van der Waals surface area (Å²) in [5, 5.41) is 4.59. The Morgan fingerprint density at radius 3 is 2.82 bits per heavy atom. The number of nitrogens with zero attached hydrogens (tertiary/aromatic N) is 3.